The van der Waals surface area contributed by atoms with Gasteiger partial charge in [-0.05, 0) is 173 Å². The molecule has 0 saturated carbocycles. The molecule has 9 aromatic carbocycles. The molecule has 2 heterocycles. The zero-order valence-corrected chi connectivity index (χ0v) is 36.7. The van der Waals surface area contributed by atoms with Gasteiger partial charge >= 0.3 is 6.18 Å². The number of fused-ring (bicyclic) bond motifs is 9. The highest BCUT2D eigenvalue weighted by Crippen LogP contribution is 2.45. The fourth-order valence-corrected chi connectivity index (χ4v) is 9.28. The third-order valence-corrected chi connectivity index (χ3v) is 12.8. The largest absolute Gasteiger partial charge is 0.456 e. The molecule has 11 rings (SSSR count). The summed E-state index contributed by atoms with van der Waals surface area (Å²) in [4.78, 5) is 4.29. The second-order valence-corrected chi connectivity index (χ2v) is 17.8. The van der Waals surface area contributed by atoms with E-state index < -0.39 is 11.7 Å². The van der Waals surface area contributed by atoms with Gasteiger partial charge in [0.2, 0.25) is 0 Å². The van der Waals surface area contributed by atoms with Crippen LogP contribution >= 0.6 is 0 Å². The Labute approximate surface area is 374 Å². The molecular weight excluding hydrogens is 814 g/mol. The molecule has 7 heteroatoms. The Morgan fingerprint density at radius 3 is 1.14 bits per heavy atom. The first-order chi connectivity index (χ1) is 31.4. The number of aryl methyl sites for hydroxylation is 1. The Bertz CT molecular complexity index is 3580. The van der Waals surface area contributed by atoms with Gasteiger partial charge in [-0.25, -0.2) is 0 Å². The Kier molecular flexibility index (Phi) is 9.50. The van der Waals surface area contributed by atoms with Crippen LogP contribution < -0.4 is 9.80 Å². The summed E-state index contributed by atoms with van der Waals surface area (Å²) in [7, 11) is 0. The van der Waals surface area contributed by atoms with Crippen molar-refractivity contribution in [1.29, 1.82) is 0 Å². The highest BCUT2D eigenvalue weighted by molar-refractivity contribution is 6.27. The summed E-state index contributed by atoms with van der Waals surface area (Å²) in [6.07, 6.45) is -4.43. The van der Waals surface area contributed by atoms with Crippen LogP contribution in [0.2, 0.25) is 0 Å². The Morgan fingerprint density at radius 2 is 0.754 bits per heavy atom. The van der Waals surface area contributed by atoms with E-state index in [2.05, 4.69) is 155 Å². The quantitative estimate of drug-likeness (QED) is 0.152. The predicted octanol–water partition coefficient (Wildman–Crippen LogP) is 18.3. The van der Waals surface area contributed by atoms with Crippen molar-refractivity contribution >= 4 is 99.5 Å². The lowest BCUT2D eigenvalue weighted by molar-refractivity contribution is -0.137. The topological polar surface area (TPSA) is 32.8 Å². The van der Waals surface area contributed by atoms with Gasteiger partial charge in [0.25, 0.3) is 0 Å². The summed E-state index contributed by atoms with van der Waals surface area (Å²) in [6.45, 7) is 10.8. The molecule has 0 fully saturated rings. The normalized spacial score (nSPS) is 12.3. The van der Waals surface area contributed by atoms with Crippen LogP contribution in [0, 0.1) is 6.92 Å². The van der Waals surface area contributed by atoms with Crippen LogP contribution in [0.5, 0.6) is 0 Å². The molecule has 11 aromatic rings. The summed E-state index contributed by atoms with van der Waals surface area (Å²) in [6, 6.07) is 56.4. The number of anilines is 6. The van der Waals surface area contributed by atoms with E-state index in [1.807, 2.05) is 35.2 Å². The van der Waals surface area contributed by atoms with Gasteiger partial charge in [-0.3, -0.25) is 0 Å². The summed E-state index contributed by atoms with van der Waals surface area (Å²) in [5.41, 5.74) is 11.6. The third-order valence-electron chi connectivity index (χ3n) is 12.8. The SMILES string of the molecule is Cc1ccc(N(c2ccc(C(C)C)cc2)c2ccc3cc4c(cc3c2)oc2ccc3oc5cc6cc(N(c7ccc(C(C)C)cc7)c7ccc(C(F)(F)F)cc7)ccc6cc5c3c24)cc1. The molecule has 0 aliphatic rings. The minimum atomic E-state index is -4.43. The van der Waals surface area contributed by atoms with E-state index >= 15 is 0 Å². The number of halogens is 3. The summed E-state index contributed by atoms with van der Waals surface area (Å²) in [5, 5.41) is 8.10. The van der Waals surface area contributed by atoms with Crippen LogP contribution in [0.1, 0.15) is 61.8 Å². The number of hydrogen-bond acceptors (Lipinski definition) is 4. The molecule has 0 bridgehead atoms. The standard InChI is InChI=1S/C58H45F3N2O2/c1-34(2)37-8-18-45(19-9-37)62(44-16-6-36(5)7-17-44)48-22-12-39-30-50-54(32-41(39)28-48)64-52-26-27-53-57(56(50)52)51-31-40-13-23-49(29-42(40)33-55(51)65-53)63(46-20-10-38(11-21-46)35(3)4)47-24-14-43(15-25-47)58(59,60)61/h6-35H,1-5H3. The van der Waals surface area contributed by atoms with Gasteiger partial charge in [0, 0.05) is 55.7 Å². The average Bonchev–Trinajstić information content (AvgIpc) is 3.85. The third kappa shape index (κ3) is 7.12. The highest BCUT2D eigenvalue weighted by Gasteiger charge is 2.30. The number of nitrogens with zero attached hydrogens (tertiary/aromatic N) is 2. The van der Waals surface area contributed by atoms with Crippen molar-refractivity contribution in [2.75, 3.05) is 9.80 Å². The van der Waals surface area contributed by atoms with Gasteiger partial charge in [0.05, 0.1) is 5.56 Å². The lowest BCUT2D eigenvalue weighted by Gasteiger charge is -2.26. The van der Waals surface area contributed by atoms with Crippen molar-refractivity contribution in [1.82, 2.24) is 0 Å². The van der Waals surface area contributed by atoms with E-state index in [1.165, 1.54) is 28.8 Å². The van der Waals surface area contributed by atoms with E-state index in [0.29, 0.717) is 17.5 Å². The van der Waals surface area contributed by atoms with E-state index in [0.717, 1.165) is 106 Å². The first kappa shape index (κ1) is 40.3. The summed E-state index contributed by atoms with van der Waals surface area (Å²) in [5.74, 6) is 0.781. The zero-order valence-electron chi connectivity index (χ0n) is 36.7. The molecule has 0 unspecified atom stereocenters. The smallest absolute Gasteiger partial charge is 0.416 e. The predicted molar refractivity (Wildman–Crippen MR) is 263 cm³/mol. The molecule has 0 N–H and O–H groups in total. The van der Waals surface area contributed by atoms with E-state index in [9.17, 15) is 13.2 Å². The van der Waals surface area contributed by atoms with Crippen LogP contribution in [0.4, 0.5) is 47.3 Å². The number of benzene rings is 9. The second-order valence-electron chi connectivity index (χ2n) is 17.8. The molecule has 0 atom stereocenters. The minimum absolute atomic E-state index is 0.337. The molecule has 4 nitrogen and oxygen atoms in total. The molecule has 0 aliphatic carbocycles. The molecule has 0 aliphatic heterocycles. The molecule has 65 heavy (non-hydrogen) atoms. The molecule has 0 amide bonds. The number of hydrogen-bond donors (Lipinski definition) is 0. The molecule has 2 aromatic heterocycles. The highest BCUT2D eigenvalue weighted by atomic mass is 19.4. The van der Waals surface area contributed by atoms with Gasteiger partial charge in [0.15, 0.2) is 0 Å². The van der Waals surface area contributed by atoms with Gasteiger partial charge in [-0.2, -0.15) is 13.2 Å². The maximum Gasteiger partial charge on any atom is 0.416 e. The monoisotopic (exact) mass is 858 g/mol. The second kappa shape index (κ2) is 15.3. The lowest BCUT2D eigenvalue weighted by Crippen LogP contribution is -2.11. The first-order valence-corrected chi connectivity index (χ1v) is 22.1. The van der Waals surface area contributed by atoms with Crippen molar-refractivity contribution in [2.45, 2.75) is 52.6 Å². The van der Waals surface area contributed by atoms with Crippen LogP contribution in [0.3, 0.4) is 0 Å². The van der Waals surface area contributed by atoms with E-state index in [1.54, 1.807) is 0 Å². The van der Waals surface area contributed by atoms with Crippen molar-refractivity contribution in [3.63, 3.8) is 0 Å². The Morgan fingerprint density at radius 1 is 0.385 bits per heavy atom. The maximum absolute atomic E-state index is 13.6. The molecule has 0 spiro atoms. The summed E-state index contributed by atoms with van der Waals surface area (Å²) >= 11 is 0. The minimum Gasteiger partial charge on any atom is -0.456 e. The van der Waals surface area contributed by atoms with E-state index in [4.69, 9.17) is 8.83 Å². The maximum atomic E-state index is 13.6. The van der Waals surface area contributed by atoms with Crippen LogP contribution in [-0.4, -0.2) is 0 Å². The Hall–Kier alpha value is -7.51. The van der Waals surface area contributed by atoms with Gasteiger partial charge in [-0.15, -0.1) is 0 Å². The fraction of sp³-hybridized carbons (Fsp3) is 0.138. The zero-order chi connectivity index (χ0) is 44.7. The average molecular weight is 859 g/mol. The number of alkyl halides is 3. The number of furan rings is 2. The van der Waals surface area contributed by atoms with Crippen molar-refractivity contribution in [3.05, 3.63) is 192 Å². The van der Waals surface area contributed by atoms with Gasteiger partial charge in [-0.1, -0.05) is 81.8 Å². The molecule has 320 valence electrons. The number of rotatable bonds is 8. The summed E-state index contributed by atoms with van der Waals surface area (Å²) < 4.78 is 54.1. The molecular formula is C58H45F3N2O2. The van der Waals surface area contributed by atoms with Crippen molar-refractivity contribution in [3.8, 4) is 0 Å². The molecule has 0 radical (unpaired) electrons. The first-order valence-electron chi connectivity index (χ1n) is 22.1. The van der Waals surface area contributed by atoms with Crippen LogP contribution in [0.25, 0.3) is 65.4 Å². The lowest BCUT2D eigenvalue weighted by atomic mass is 10.00. The molecule has 0 saturated heterocycles. The van der Waals surface area contributed by atoms with Gasteiger partial charge < -0.3 is 18.6 Å². The van der Waals surface area contributed by atoms with Crippen molar-refractivity contribution in [2.24, 2.45) is 0 Å². The van der Waals surface area contributed by atoms with E-state index in [-0.39, 0.29) is 0 Å². The Balaban J connectivity index is 1.01. The fourth-order valence-electron chi connectivity index (χ4n) is 9.28. The van der Waals surface area contributed by atoms with Gasteiger partial charge in [0.1, 0.15) is 22.3 Å². The van der Waals surface area contributed by atoms with Crippen LogP contribution in [0.15, 0.2) is 179 Å². The van der Waals surface area contributed by atoms with Crippen LogP contribution in [-0.2, 0) is 6.18 Å². The van der Waals surface area contributed by atoms with Crippen molar-refractivity contribution < 1.29 is 22.0 Å².